The fraction of sp³-hybridized carbons (Fsp3) is 0.385. The lowest BCUT2D eigenvalue weighted by molar-refractivity contribution is 0.218. The average Bonchev–Trinajstić information content (AvgIpc) is 2.36. The quantitative estimate of drug-likeness (QED) is 0.676. The van der Waals surface area contributed by atoms with Gasteiger partial charge < -0.3 is 9.80 Å². The molecule has 0 aliphatic rings. The summed E-state index contributed by atoms with van der Waals surface area (Å²) in [5.74, 6) is 0. The van der Waals surface area contributed by atoms with Gasteiger partial charge in [0, 0.05) is 28.2 Å². The minimum Gasteiger partial charge on any atom is -0.328 e. The number of nitrogens with zero attached hydrogens (tertiary/aromatic N) is 4. The molecule has 19 heavy (non-hydrogen) atoms. The van der Waals surface area contributed by atoms with Crippen LogP contribution in [0.4, 0.5) is 9.59 Å². The summed E-state index contributed by atoms with van der Waals surface area (Å²) in [4.78, 5) is 24.0. The molecule has 1 aromatic rings. The van der Waals surface area contributed by atoms with Crippen molar-refractivity contribution in [2.45, 2.75) is 6.92 Å². The molecule has 4 amide bonds. The second-order valence-corrected chi connectivity index (χ2v) is 4.21. The largest absolute Gasteiger partial charge is 0.361 e. The van der Waals surface area contributed by atoms with E-state index >= 15 is 0 Å². The molecule has 0 fully saturated rings. The van der Waals surface area contributed by atoms with Crippen molar-refractivity contribution in [3.8, 4) is 0 Å². The van der Waals surface area contributed by atoms with Crippen LogP contribution in [0.15, 0.2) is 40.6 Å². The normalized spacial score (nSPS) is 9.53. The minimum atomic E-state index is -0.551. The Bertz CT molecular complexity index is 406. The zero-order chi connectivity index (χ0) is 14.8. The Morgan fingerprint density at radius 3 is 1.42 bits per heavy atom. The first-order valence-electron chi connectivity index (χ1n) is 5.70. The van der Waals surface area contributed by atoms with Crippen molar-refractivity contribution in [1.29, 1.82) is 0 Å². The van der Waals surface area contributed by atoms with E-state index in [9.17, 15) is 9.59 Å². The molecule has 1 rings (SSSR count). The highest BCUT2D eigenvalue weighted by molar-refractivity contribution is 5.79. The van der Waals surface area contributed by atoms with Gasteiger partial charge in [-0.05, 0) is 6.92 Å². The Kier molecular flexibility index (Phi) is 7.76. The molecule has 0 atom stereocenters. The second-order valence-electron chi connectivity index (χ2n) is 4.21. The van der Waals surface area contributed by atoms with Crippen molar-refractivity contribution in [1.82, 2.24) is 9.80 Å². The lowest BCUT2D eigenvalue weighted by atomic mass is 10.2. The molecule has 6 heteroatoms. The number of urea groups is 2. The molecule has 0 saturated heterocycles. The van der Waals surface area contributed by atoms with Crippen LogP contribution in [-0.4, -0.2) is 50.1 Å². The van der Waals surface area contributed by atoms with Crippen molar-refractivity contribution >= 4 is 12.1 Å². The van der Waals surface area contributed by atoms with E-state index in [2.05, 4.69) is 29.3 Å². The van der Waals surface area contributed by atoms with Gasteiger partial charge in [0.2, 0.25) is 0 Å². The number of benzene rings is 1. The van der Waals surface area contributed by atoms with Crippen LogP contribution in [-0.2, 0) is 0 Å². The van der Waals surface area contributed by atoms with Crippen molar-refractivity contribution in [3.05, 3.63) is 35.9 Å². The Morgan fingerprint density at radius 2 is 1.21 bits per heavy atom. The summed E-state index contributed by atoms with van der Waals surface area (Å²) in [5, 5.41) is 6.33. The Hall–Kier alpha value is -2.24. The molecule has 104 valence electrons. The average molecular weight is 264 g/mol. The first-order valence-corrected chi connectivity index (χ1v) is 5.70. The van der Waals surface area contributed by atoms with Gasteiger partial charge in [0.15, 0.2) is 0 Å². The zero-order valence-corrected chi connectivity index (χ0v) is 12.0. The summed E-state index contributed by atoms with van der Waals surface area (Å²) in [5.41, 5.74) is 1.32. The molecule has 0 aromatic heterocycles. The van der Waals surface area contributed by atoms with Crippen LogP contribution in [0.1, 0.15) is 5.56 Å². The maximum absolute atomic E-state index is 10.8. The van der Waals surface area contributed by atoms with Crippen molar-refractivity contribution < 1.29 is 9.59 Å². The number of carbonyl (C=O) groups excluding carboxylic acids is 2. The maximum Gasteiger partial charge on any atom is 0.361 e. The molecule has 0 unspecified atom stereocenters. The number of carbonyl (C=O) groups is 2. The van der Waals surface area contributed by atoms with Crippen LogP contribution in [0.25, 0.3) is 0 Å². The van der Waals surface area contributed by atoms with E-state index in [1.54, 1.807) is 0 Å². The smallest absolute Gasteiger partial charge is 0.328 e. The molecule has 0 N–H and O–H groups in total. The number of azo groups is 1. The highest BCUT2D eigenvalue weighted by Crippen LogP contribution is 1.92. The van der Waals surface area contributed by atoms with Gasteiger partial charge in [-0.15, -0.1) is 0 Å². The van der Waals surface area contributed by atoms with Crippen LogP contribution < -0.4 is 0 Å². The monoisotopic (exact) mass is 264 g/mol. The fourth-order valence-corrected chi connectivity index (χ4v) is 0.799. The molecule has 0 aliphatic heterocycles. The summed E-state index contributed by atoms with van der Waals surface area (Å²) < 4.78 is 0. The van der Waals surface area contributed by atoms with Gasteiger partial charge in [-0.25, -0.2) is 9.59 Å². The van der Waals surface area contributed by atoms with E-state index in [0.29, 0.717) is 0 Å². The van der Waals surface area contributed by atoms with Crippen molar-refractivity contribution in [2.75, 3.05) is 28.2 Å². The van der Waals surface area contributed by atoms with Crippen LogP contribution in [0.5, 0.6) is 0 Å². The topological polar surface area (TPSA) is 65.3 Å². The van der Waals surface area contributed by atoms with Crippen LogP contribution in [0.3, 0.4) is 0 Å². The first-order chi connectivity index (χ1) is 8.84. The molecular formula is C13H20N4O2. The highest BCUT2D eigenvalue weighted by Gasteiger charge is 2.03. The predicted octanol–water partition coefficient (Wildman–Crippen LogP) is 2.80. The van der Waals surface area contributed by atoms with E-state index in [1.807, 2.05) is 18.2 Å². The lowest BCUT2D eigenvalue weighted by Crippen LogP contribution is -2.20. The van der Waals surface area contributed by atoms with Gasteiger partial charge in [0.25, 0.3) is 0 Å². The molecule has 0 bridgehead atoms. The number of hydrogen-bond acceptors (Lipinski definition) is 2. The lowest BCUT2D eigenvalue weighted by Gasteiger charge is -2.05. The van der Waals surface area contributed by atoms with E-state index in [0.717, 1.165) is 0 Å². The summed E-state index contributed by atoms with van der Waals surface area (Å²) in [6.07, 6.45) is 0. The number of rotatable bonds is 0. The third-order valence-corrected chi connectivity index (χ3v) is 1.93. The predicted molar refractivity (Wildman–Crippen MR) is 74.2 cm³/mol. The molecule has 6 nitrogen and oxygen atoms in total. The van der Waals surface area contributed by atoms with Crippen LogP contribution in [0.2, 0.25) is 0 Å². The molecule has 0 aliphatic carbocycles. The summed E-state index contributed by atoms with van der Waals surface area (Å²) in [6, 6.07) is 9.16. The Morgan fingerprint density at radius 1 is 0.842 bits per heavy atom. The van der Waals surface area contributed by atoms with Gasteiger partial charge in [-0.1, -0.05) is 46.1 Å². The van der Waals surface area contributed by atoms with Crippen molar-refractivity contribution in [2.24, 2.45) is 10.2 Å². The van der Waals surface area contributed by atoms with Gasteiger partial charge in [-0.3, -0.25) is 0 Å². The number of hydrogen-bond donors (Lipinski definition) is 0. The standard InChI is InChI=1S/C7H8.C6H12N4O2/c1-7-5-3-2-4-6-7;1-9(2)5(11)7-8-6(12)10(3)4/h2-6H,1H3;1-4H3. The highest BCUT2D eigenvalue weighted by atomic mass is 16.2. The van der Waals surface area contributed by atoms with E-state index in [1.165, 1.54) is 43.6 Å². The number of amides is 4. The molecule has 0 heterocycles. The maximum atomic E-state index is 10.8. The second kappa shape index (κ2) is 8.79. The van der Waals surface area contributed by atoms with E-state index in [4.69, 9.17) is 0 Å². The summed E-state index contributed by atoms with van der Waals surface area (Å²) in [7, 11) is 6.12. The fourth-order valence-electron chi connectivity index (χ4n) is 0.799. The van der Waals surface area contributed by atoms with Crippen LogP contribution >= 0.6 is 0 Å². The summed E-state index contributed by atoms with van der Waals surface area (Å²) >= 11 is 0. The SMILES string of the molecule is CN(C)C(=O)N=NC(=O)N(C)C.Cc1ccccc1. The molecular weight excluding hydrogens is 244 g/mol. The molecule has 0 radical (unpaired) electrons. The third kappa shape index (κ3) is 8.48. The molecule has 0 saturated carbocycles. The Balaban J connectivity index is 0.000000388. The zero-order valence-electron chi connectivity index (χ0n) is 12.0. The number of aryl methyl sites for hydroxylation is 1. The third-order valence-electron chi connectivity index (χ3n) is 1.93. The Labute approximate surface area is 113 Å². The minimum absolute atomic E-state index is 0.551. The van der Waals surface area contributed by atoms with Gasteiger partial charge in [0.05, 0.1) is 0 Å². The van der Waals surface area contributed by atoms with Gasteiger partial charge in [0.1, 0.15) is 0 Å². The molecule has 1 aromatic carbocycles. The van der Waals surface area contributed by atoms with Crippen LogP contribution in [0, 0.1) is 6.92 Å². The first kappa shape index (κ1) is 16.8. The van der Waals surface area contributed by atoms with E-state index < -0.39 is 12.1 Å². The van der Waals surface area contributed by atoms with Gasteiger partial charge in [-0.2, -0.15) is 0 Å². The van der Waals surface area contributed by atoms with Crippen molar-refractivity contribution in [3.63, 3.8) is 0 Å². The van der Waals surface area contributed by atoms with Gasteiger partial charge >= 0.3 is 12.1 Å². The molecule has 0 spiro atoms. The van der Waals surface area contributed by atoms with E-state index in [-0.39, 0.29) is 0 Å². The summed E-state index contributed by atoms with van der Waals surface area (Å²) in [6.45, 7) is 2.08.